The molecule has 0 bridgehead atoms. The second-order valence-electron chi connectivity index (χ2n) is 16.7. The Bertz CT molecular complexity index is 1290. The Morgan fingerprint density at radius 2 is 1.68 bits per heavy atom. The molecule has 0 radical (unpaired) electrons. The largest absolute Gasteiger partial charge is 0.394 e. The van der Waals surface area contributed by atoms with Crippen LogP contribution < -0.4 is 0 Å². The monoisotopic (exact) mass is 664 g/mol. The van der Waals surface area contributed by atoms with E-state index in [1.807, 2.05) is 46.8 Å². The van der Waals surface area contributed by atoms with Crippen LogP contribution >= 0.6 is 0 Å². The molecule has 1 heterocycles. The molecule has 4 fully saturated rings. The number of hydrogen-bond donors (Lipinski definition) is 7. The molecule has 4 aliphatic carbocycles. The highest BCUT2D eigenvalue weighted by Crippen LogP contribution is 2.74. The van der Waals surface area contributed by atoms with Gasteiger partial charge in [0.1, 0.15) is 36.3 Å². The molecule has 11 nitrogen and oxygen atoms in total. The van der Waals surface area contributed by atoms with E-state index in [1.165, 1.54) is 0 Å². The maximum absolute atomic E-state index is 14.7. The summed E-state index contributed by atoms with van der Waals surface area (Å²) in [4.78, 5) is 28.7. The highest BCUT2D eigenvalue weighted by Gasteiger charge is 2.74. The van der Waals surface area contributed by atoms with Crippen LogP contribution in [-0.2, 0) is 19.1 Å². The number of aliphatic hydroxyl groups excluding tert-OH is 6. The van der Waals surface area contributed by atoms with E-state index in [9.17, 15) is 45.3 Å². The second kappa shape index (κ2) is 12.3. The normalized spacial score (nSPS) is 49.2. The van der Waals surface area contributed by atoms with E-state index in [0.29, 0.717) is 19.3 Å². The molecule has 0 spiro atoms. The predicted molar refractivity (Wildman–Crippen MR) is 170 cm³/mol. The van der Waals surface area contributed by atoms with Crippen molar-refractivity contribution in [2.75, 3.05) is 13.2 Å². The van der Waals surface area contributed by atoms with Gasteiger partial charge in [-0.15, -0.1) is 0 Å². The number of fused-ring (bicyclic) bond motifs is 5. The summed E-state index contributed by atoms with van der Waals surface area (Å²) in [5.74, 6) is -1.77. The van der Waals surface area contributed by atoms with Gasteiger partial charge in [0.25, 0.3) is 0 Å². The van der Waals surface area contributed by atoms with Gasteiger partial charge in [0.05, 0.1) is 24.9 Å². The van der Waals surface area contributed by atoms with Crippen molar-refractivity contribution in [1.29, 1.82) is 0 Å². The molecule has 5 rings (SSSR count). The van der Waals surface area contributed by atoms with Gasteiger partial charge in [0.2, 0.25) is 0 Å². The van der Waals surface area contributed by atoms with Crippen molar-refractivity contribution in [3.63, 3.8) is 0 Å². The van der Waals surface area contributed by atoms with Crippen LogP contribution in [0.1, 0.15) is 80.6 Å². The summed E-state index contributed by atoms with van der Waals surface area (Å²) in [5, 5.41) is 73.9. The van der Waals surface area contributed by atoms with E-state index in [0.717, 1.165) is 5.57 Å². The summed E-state index contributed by atoms with van der Waals surface area (Å²) >= 11 is 0. The van der Waals surface area contributed by atoms with Crippen LogP contribution in [0.5, 0.6) is 0 Å². The third kappa shape index (κ3) is 5.43. The first-order chi connectivity index (χ1) is 21.7. The Morgan fingerprint density at radius 3 is 2.30 bits per heavy atom. The van der Waals surface area contributed by atoms with Gasteiger partial charge >= 0.3 is 0 Å². The number of allylic oxidation sites excluding steroid dienone is 3. The zero-order valence-corrected chi connectivity index (χ0v) is 28.8. The quantitative estimate of drug-likeness (QED) is 0.186. The molecule has 266 valence electrons. The summed E-state index contributed by atoms with van der Waals surface area (Å²) in [6, 6.07) is 0. The third-order valence-electron chi connectivity index (χ3n) is 13.6. The minimum Gasteiger partial charge on any atom is -0.394 e. The number of ketones is 2. The Morgan fingerprint density at radius 1 is 1.02 bits per heavy atom. The van der Waals surface area contributed by atoms with Crippen LogP contribution in [0.4, 0.5) is 0 Å². The van der Waals surface area contributed by atoms with E-state index < -0.39 is 82.7 Å². The number of Topliss-reactive ketones (excluding diaryl/α,β-unsaturated/α-hetero) is 2. The number of rotatable bonds is 8. The topological polar surface area (TPSA) is 194 Å². The molecule has 11 heteroatoms. The van der Waals surface area contributed by atoms with E-state index in [2.05, 4.69) is 13.0 Å². The lowest BCUT2D eigenvalue weighted by Crippen LogP contribution is -2.66. The second-order valence-corrected chi connectivity index (χ2v) is 16.7. The highest BCUT2D eigenvalue weighted by molar-refractivity contribution is 5.92. The summed E-state index contributed by atoms with van der Waals surface area (Å²) < 4.78 is 11.7. The molecule has 47 heavy (non-hydrogen) atoms. The van der Waals surface area contributed by atoms with E-state index in [4.69, 9.17) is 9.47 Å². The molecule has 0 aromatic heterocycles. The van der Waals surface area contributed by atoms with Crippen LogP contribution in [0.25, 0.3) is 0 Å². The third-order valence-corrected chi connectivity index (χ3v) is 13.6. The van der Waals surface area contributed by atoms with Crippen molar-refractivity contribution >= 4 is 11.6 Å². The van der Waals surface area contributed by atoms with Crippen molar-refractivity contribution < 1.29 is 54.8 Å². The molecule has 1 aliphatic heterocycles. The molecule has 0 unspecified atom stereocenters. The Labute approximate surface area is 277 Å². The maximum Gasteiger partial charge on any atom is 0.187 e. The fourth-order valence-electron chi connectivity index (χ4n) is 10.7. The molecule has 15 atom stereocenters. The van der Waals surface area contributed by atoms with Gasteiger partial charge in [-0.3, -0.25) is 9.59 Å². The van der Waals surface area contributed by atoms with Crippen molar-refractivity contribution in [3.05, 3.63) is 23.8 Å². The predicted octanol–water partition coefficient (Wildman–Crippen LogP) is 1.43. The van der Waals surface area contributed by atoms with E-state index >= 15 is 0 Å². The van der Waals surface area contributed by atoms with Gasteiger partial charge in [-0.25, -0.2) is 0 Å². The fraction of sp³-hybridized carbons (Fsp3) is 0.833. The first-order valence-corrected chi connectivity index (χ1v) is 17.1. The average Bonchev–Trinajstić information content (AvgIpc) is 3.20. The Kier molecular flexibility index (Phi) is 9.65. The van der Waals surface area contributed by atoms with Gasteiger partial charge in [-0.05, 0) is 68.1 Å². The number of carbonyl (C=O) groups is 2. The number of carbonyl (C=O) groups excluding carboxylic acids is 2. The summed E-state index contributed by atoms with van der Waals surface area (Å²) in [6.07, 6.45) is -1.94. The van der Waals surface area contributed by atoms with Crippen molar-refractivity contribution in [2.45, 2.75) is 129 Å². The minimum atomic E-state index is -1.67. The van der Waals surface area contributed by atoms with Crippen LogP contribution in [0.3, 0.4) is 0 Å². The zero-order chi connectivity index (χ0) is 35.1. The summed E-state index contributed by atoms with van der Waals surface area (Å²) in [7, 11) is 0. The van der Waals surface area contributed by atoms with Crippen molar-refractivity contribution in [2.24, 2.45) is 45.3 Å². The summed E-state index contributed by atoms with van der Waals surface area (Å²) in [5.41, 5.74) is -3.70. The molecule has 5 aliphatic rings. The lowest BCUT2D eigenvalue weighted by molar-refractivity contribution is -0.312. The maximum atomic E-state index is 14.7. The molecule has 1 saturated heterocycles. The van der Waals surface area contributed by atoms with E-state index in [1.54, 1.807) is 6.92 Å². The van der Waals surface area contributed by atoms with Crippen molar-refractivity contribution in [3.8, 4) is 0 Å². The van der Waals surface area contributed by atoms with Crippen LogP contribution in [0.15, 0.2) is 23.8 Å². The molecule has 7 N–H and O–H groups in total. The van der Waals surface area contributed by atoms with Gasteiger partial charge < -0.3 is 45.2 Å². The smallest absolute Gasteiger partial charge is 0.187 e. The molecule has 0 aromatic carbocycles. The average molecular weight is 665 g/mol. The number of hydrogen-bond acceptors (Lipinski definition) is 11. The molecule has 0 aromatic rings. The molecule has 0 amide bonds. The first kappa shape index (κ1) is 36.7. The minimum absolute atomic E-state index is 0.00415. The van der Waals surface area contributed by atoms with E-state index in [-0.39, 0.29) is 48.8 Å². The van der Waals surface area contributed by atoms with Crippen molar-refractivity contribution in [1.82, 2.24) is 0 Å². The SMILES string of the molecule is C/C(=C/CC[C@](C)(O)[C@H]1[C@H](O)C[C@@]2(C)[C@@H]3C=C[C@H]4[C@@H](C[C@H](O[C@@H]5O[C@@H](CO)[C@@H](O)[C@@H](O)[C@@H]5O)C(=O)C4(C)C)[C@]3(C)C(=O)C[C@]12C)CO. The summed E-state index contributed by atoms with van der Waals surface area (Å²) in [6.45, 7) is 12.6. The van der Waals surface area contributed by atoms with Crippen LogP contribution in [0, 0.1) is 45.3 Å². The van der Waals surface area contributed by atoms with Gasteiger partial charge in [0, 0.05) is 23.2 Å². The number of aliphatic hydroxyl groups is 7. The van der Waals surface area contributed by atoms with Gasteiger partial charge in [-0.1, -0.05) is 58.4 Å². The Hall–Kier alpha value is -1.54. The zero-order valence-electron chi connectivity index (χ0n) is 28.8. The molecular formula is C36H56O11. The number of ether oxygens (including phenoxy) is 2. The highest BCUT2D eigenvalue weighted by atomic mass is 16.7. The van der Waals surface area contributed by atoms with Crippen LogP contribution in [-0.4, -0.2) is 109 Å². The van der Waals surface area contributed by atoms with Gasteiger partial charge in [-0.2, -0.15) is 0 Å². The lowest BCUT2D eigenvalue weighted by Gasteiger charge is -2.65. The molecular weight excluding hydrogens is 608 g/mol. The molecule has 3 saturated carbocycles. The standard InChI is InChI=1S/C36H56O11/c1-18(16-37)9-8-12-35(6,45)29-21(39)14-33(4)24-11-10-19-20(36(24,7)25(40)15-34(29,33)5)13-22(30(44)32(19,2)3)46-31-28(43)27(42)26(41)23(17-38)47-31/h9-11,19-24,26-29,31,37-39,41-43,45H,8,12-17H2,1-7H3/b18-9-/t19-,20+,21+,22-,23-,24-,26+,27+,28-,29-,31+,33-,34+,35-,36-/m0/s1. The van der Waals surface area contributed by atoms with Gasteiger partial charge in [0.15, 0.2) is 12.1 Å². The first-order valence-electron chi connectivity index (χ1n) is 17.1. The lowest BCUT2D eigenvalue weighted by atomic mass is 9.38. The Balaban J connectivity index is 1.48. The van der Waals surface area contributed by atoms with Crippen LogP contribution in [0.2, 0.25) is 0 Å². The fourth-order valence-corrected chi connectivity index (χ4v) is 10.7.